The van der Waals surface area contributed by atoms with E-state index in [1.165, 1.54) is 22.3 Å². The Morgan fingerprint density at radius 1 is 0.667 bits per heavy atom. The molecule has 0 fully saturated rings. The Morgan fingerprint density at radius 2 is 1.13 bits per heavy atom. The molecule has 0 saturated carbocycles. The van der Waals surface area contributed by atoms with Crippen molar-refractivity contribution in [2.24, 2.45) is 0 Å². The number of rotatable bonds is 4. The average molecular weight is 453 g/mol. The fraction of sp³-hybridized carbons (Fsp3) is 0.0741. The van der Waals surface area contributed by atoms with E-state index in [4.69, 9.17) is 5.10 Å². The van der Waals surface area contributed by atoms with Gasteiger partial charge in [-0.3, -0.25) is 0 Å². The predicted octanol–water partition coefficient (Wildman–Crippen LogP) is 6.95. The molecule has 0 bridgehead atoms. The van der Waals surface area contributed by atoms with Crippen molar-refractivity contribution >= 4 is 26.8 Å². The topological polar surface area (TPSA) is 17.8 Å². The molecule has 0 aliphatic heterocycles. The van der Waals surface area contributed by atoms with Crippen molar-refractivity contribution in [2.45, 2.75) is 12.5 Å². The van der Waals surface area contributed by atoms with Gasteiger partial charge in [0.25, 0.3) is 0 Å². The molecule has 146 valence electrons. The van der Waals surface area contributed by atoms with Crippen LogP contribution < -0.4 is 0 Å². The molecule has 1 aromatic heterocycles. The maximum absolute atomic E-state index is 5.07. The Balaban J connectivity index is 1.98. The number of hydrogen-bond acceptors (Lipinski definition) is 1. The quantitative estimate of drug-likeness (QED) is 0.269. The lowest BCUT2D eigenvalue weighted by molar-refractivity contribution is 0.473. The van der Waals surface area contributed by atoms with Gasteiger partial charge >= 0.3 is 0 Å². The Labute approximate surface area is 184 Å². The van der Waals surface area contributed by atoms with E-state index in [-0.39, 0.29) is 0 Å². The summed E-state index contributed by atoms with van der Waals surface area (Å²) in [6.45, 7) is 2.11. The molecule has 0 amide bonds. The van der Waals surface area contributed by atoms with Crippen molar-refractivity contribution in [1.82, 2.24) is 9.78 Å². The molecular weight excluding hydrogens is 432 g/mol. The van der Waals surface area contributed by atoms with Crippen LogP contribution in [0.5, 0.6) is 0 Å². The van der Waals surface area contributed by atoms with Crippen LogP contribution in [0, 0.1) is 6.92 Å². The minimum atomic E-state index is -0.608. The van der Waals surface area contributed by atoms with Gasteiger partial charge in [0.05, 0.1) is 5.52 Å². The summed E-state index contributed by atoms with van der Waals surface area (Å²) in [6, 6.07) is 38.4. The van der Waals surface area contributed by atoms with Crippen molar-refractivity contribution in [3.05, 3.63) is 136 Å². The van der Waals surface area contributed by atoms with E-state index in [0.29, 0.717) is 0 Å². The molecule has 0 radical (unpaired) electrons. The fourth-order valence-corrected chi connectivity index (χ4v) is 4.83. The molecule has 0 aliphatic carbocycles. The first kappa shape index (κ1) is 18.8. The third-order valence-corrected chi connectivity index (χ3v) is 6.27. The Kier molecular flexibility index (Phi) is 4.76. The molecule has 30 heavy (non-hydrogen) atoms. The van der Waals surface area contributed by atoms with Crippen LogP contribution in [-0.4, -0.2) is 9.78 Å². The minimum absolute atomic E-state index is 0.608. The number of benzene rings is 4. The molecule has 5 aromatic rings. The summed E-state index contributed by atoms with van der Waals surface area (Å²) in [5, 5.41) is 6.18. The van der Waals surface area contributed by atoms with Crippen molar-refractivity contribution < 1.29 is 0 Å². The lowest BCUT2D eigenvalue weighted by Gasteiger charge is -2.37. The molecule has 0 N–H and O–H groups in total. The zero-order chi connectivity index (χ0) is 20.6. The van der Waals surface area contributed by atoms with Gasteiger partial charge in [-0.1, -0.05) is 103 Å². The smallest absolute Gasteiger partial charge is 0.138 e. The highest BCUT2D eigenvalue weighted by atomic mass is 79.9. The molecule has 4 aromatic carbocycles. The lowest BCUT2D eigenvalue weighted by Crippen LogP contribution is -2.38. The zero-order valence-electron chi connectivity index (χ0n) is 16.7. The van der Waals surface area contributed by atoms with Gasteiger partial charge in [-0.25, -0.2) is 4.68 Å². The average Bonchev–Trinajstić information content (AvgIpc) is 3.12. The van der Waals surface area contributed by atoms with Gasteiger partial charge < -0.3 is 0 Å². The van der Waals surface area contributed by atoms with Gasteiger partial charge in [0, 0.05) is 5.39 Å². The van der Waals surface area contributed by atoms with E-state index in [9.17, 15) is 0 Å². The standard InChI is InChI=1S/C27H21BrN2/c1-20-17-18-25-24(19-20)26(28)29-30(25)27(21-11-5-2-6-12-21,22-13-7-3-8-14-22)23-15-9-4-10-16-23/h2-19H,1H3. The normalized spacial score (nSPS) is 11.7. The number of fused-ring (bicyclic) bond motifs is 1. The molecule has 0 atom stereocenters. The van der Waals surface area contributed by atoms with Crippen LogP contribution in [0.1, 0.15) is 22.3 Å². The van der Waals surface area contributed by atoms with Crippen LogP contribution in [0.15, 0.2) is 114 Å². The zero-order valence-corrected chi connectivity index (χ0v) is 18.3. The van der Waals surface area contributed by atoms with Crippen molar-refractivity contribution in [3.63, 3.8) is 0 Å². The number of aromatic nitrogens is 2. The molecule has 0 spiro atoms. The molecule has 3 heteroatoms. The van der Waals surface area contributed by atoms with E-state index in [1.54, 1.807) is 0 Å². The van der Waals surface area contributed by atoms with Crippen LogP contribution in [0.25, 0.3) is 10.9 Å². The Morgan fingerprint density at radius 3 is 1.60 bits per heavy atom. The molecular formula is C27H21BrN2. The van der Waals surface area contributed by atoms with Crippen LogP contribution >= 0.6 is 15.9 Å². The monoisotopic (exact) mass is 452 g/mol. The highest BCUT2D eigenvalue weighted by Crippen LogP contribution is 2.43. The first-order valence-electron chi connectivity index (χ1n) is 10.0. The van der Waals surface area contributed by atoms with Crippen molar-refractivity contribution in [3.8, 4) is 0 Å². The van der Waals surface area contributed by atoms with Gasteiger partial charge in [-0.05, 0) is 51.7 Å². The first-order valence-corrected chi connectivity index (χ1v) is 10.8. The summed E-state index contributed by atoms with van der Waals surface area (Å²) in [6.07, 6.45) is 0. The van der Waals surface area contributed by atoms with Crippen LogP contribution in [0.3, 0.4) is 0 Å². The molecule has 1 heterocycles. The summed E-state index contributed by atoms with van der Waals surface area (Å²) in [5.74, 6) is 0. The summed E-state index contributed by atoms with van der Waals surface area (Å²) < 4.78 is 3.03. The molecule has 2 nitrogen and oxygen atoms in total. The first-order chi connectivity index (χ1) is 14.7. The number of nitrogens with zero attached hydrogens (tertiary/aromatic N) is 2. The lowest BCUT2D eigenvalue weighted by atomic mass is 9.77. The Hall–Kier alpha value is -3.17. The second-order valence-electron chi connectivity index (χ2n) is 7.53. The summed E-state index contributed by atoms with van der Waals surface area (Å²) in [5.41, 5.74) is 5.19. The fourth-order valence-electron chi connectivity index (χ4n) is 4.36. The second kappa shape index (κ2) is 7.58. The SMILES string of the molecule is Cc1ccc2c(c1)c(Br)nn2C(c1ccccc1)(c1ccccc1)c1ccccc1. The highest BCUT2D eigenvalue weighted by molar-refractivity contribution is 9.10. The maximum Gasteiger partial charge on any atom is 0.138 e. The number of hydrogen-bond donors (Lipinski definition) is 0. The highest BCUT2D eigenvalue weighted by Gasteiger charge is 2.40. The summed E-state index contributed by atoms with van der Waals surface area (Å²) in [4.78, 5) is 0. The maximum atomic E-state index is 5.07. The van der Waals surface area contributed by atoms with E-state index in [2.05, 4.69) is 137 Å². The number of halogens is 1. The van der Waals surface area contributed by atoms with Crippen LogP contribution in [-0.2, 0) is 5.54 Å². The second-order valence-corrected chi connectivity index (χ2v) is 8.28. The molecule has 0 saturated heterocycles. The van der Waals surface area contributed by atoms with E-state index in [0.717, 1.165) is 15.5 Å². The van der Waals surface area contributed by atoms with Crippen LogP contribution in [0.4, 0.5) is 0 Å². The Bertz CT molecular complexity index is 1200. The minimum Gasteiger partial charge on any atom is -0.244 e. The van der Waals surface area contributed by atoms with E-state index < -0.39 is 5.54 Å². The van der Waals surface area contributed by atoms with Gasteiger partial charge in [-0.2, -0.15) is 5.10 Å². The predicted molar refractivity (Wildman–Crippen MR) is 127 cm³/mol. The van der Waals surface area contributed by atoms with Crippen LogP contribution in [0.2, 0.25) is 0 Å². The van der Waals surface area contributed by atoms with Gasteiger partial charge in [0.1, 0.15) is 10.1 Å². The summed E-state index contributed by atoms with van der Waals surface area (Å²) in [7, 11) is 0. The third kappa shape index (κ3) is 2.89. The van der Waals surface area contributed by atoms with Gasteiger partial charge in [0.2, 0.25) is 0 Å². The van der Waals surface area contributed by atoms with Gasteiger partial charge in [0.15, 0.2) is 0 Å². The third-order valence-electron chi connectivity index (χ3n) is 5.68. The number of aryl methyl sites for hydroxylation is 1. The largest absolute Gasteiger partial charge is 0.244 e. The summed E-state index contributed by atoms with van der Waals surface area (Å²) >= 11 is 3.73. The molecule has 0 aliphatic rings. The van der Waals surface area contributed by atoms with E-state index >= 15 is 0 Å². The van der Waals surface area contributed by atoms with E-state index in [1.807, 2.05) is 0 Å². The van der Waals surface area contributed by atoms with Crippen molar-refractivity contribution in [2.75, 3.05) is 0 Å². The molecule has 0 unspecified atom stereocenters. The van der Waals surface area contributed by atoms with Crippen molar-refractivity contribution in [1.29, 1.82) is 0 Å². The van der Waals surface area contributed by atoms with Gasteiger partial charge in [-0.15, -0.1) is 0 Å². The molecule has 5 rings (SSSR count).